The maximum absolute atomic E-state index is 10.5. The van der Waals surface area contributed by atoms with Gasteiger partial charge in [0.15, 0.2) is 0 Å². The molecule has 4 unspecified atom stereocenters. The number of alkyl halides is 2. The van der Waals surface area contributed by atoms with Crippen LogP contribution in [0.25, 0.3) is 0 Å². The molecule has 0 aromatic heterocycles. The zero-order chi connectivity index (χ0) is 84.0. The van der Waals surface area contributed by atoms with Gasteiger partial charge in [-0.3, -0.25) is 19.5 Å². The summed E-state index contributed by atoms with van der Waals surface area (Å²) in [5.41, 5.74) is 15.6. The maximum Gasteiger partial charge on any atom is 0.373 e. The number of benzene rings is 9. The molecular formula is C89H114Br2ClN9O13S. The Morgan fingerprint density at radius 2 is 0.826 bits per heavy atom. The van der Waals surface area contributed by atoms with Crippen LogP contribution in [0.3, 0.4) is 0 Å². The Morgan fingerprint density at radius 3 is 1.10 bits per heavy atom. The fourth-order valence-electron chi connectivity index (χ4n) is 12.5. The Balaban J connectivity index is 0.000000292. The van der Waals surface area contributed by atoms with Gasteiger partial charge in [-0.15, -0.1) is 0 Å². The number of aromatic hydroxyl groups is 1. The number of phenols is 1. The predicted octanol–water partition coefficient (Wildman–Crippen LogP) is 14.9. The molecule has 26 heteroatoms. The highest BCUT2D eigenvalue weighted by molar-refractivity contribution is 9.12. The molecule has 12 rings (SSSR count). The van der Waals surface area contributed by atoms with Gasteiger partial charge >= 0.3 is 12.3 Å². The van der Waals surface area contributed by atoms with E-state index in [9.17, 15) is 18.3 Å². The number of anilines is 4. The lowest BCUT2D eigenvalue weighted by molar-refractivity contribution is -0.193. The molecule has 620 valence electrons. The number of carbonyl (C=O) groups is 1. The van der Waals surface area contributed by atoms with Crippen molar-refractivity contribution in [2.45, 2.75) is 89.2 Å². The van der Waals surface area contributed by atoms with Crippen molar-refractivity contribution in [2.75, 3.05) is 139 Å². The number of hydrogen-bond donors (Lipinski definition) is 5. The van der Waals surface area contributed by atoms with E-state index in [-0.39, 0.29) is 30.7 Å². The van der Waals surface area contributed by atoms with Gasteiger partial charge in [-0.25, -0.2) is 8.42 Å². The van der Waals surface area contributed by atoms with Crippen LogP contribution in [0.1, 0.15) is 72.6 Å². The second-order valence-electron chi connectivity index (χ2n) is 26.5. The van der Waals surface area contributed by atoms with E-state index < -0.39 is 15.0 Å². The largest absolute Gasteiger partial charge is 0.508 e. The monoisotopic (exact) mass is 1740 g/mol. The van der Waals surface area contributed by atoms with Crippen molar-refractivity contribution in [1.29, 1.82) is 0 Å². The van der Waals surface area contributed by atoms with Crippen LogP contribution in [0, 0.1) is 0 Å². The number of phenolic OH excluding ortho intramolecular Hbond substituents is 1. The highest BCUT2D eigenvalue weighted by atomic mass is 79.9. The summed E-state index contributed by atoms with van der Waals surface area (Å²) in [7, 11) is 8.09. The van der Waals surface area contributed by atoms with Crippen molar-refractivity contribution in [3.63, 3.8) is 0 Å². The molecule has 6 N–H and O–H groups in total. The molecule has 9 aromatic carbocycles. The van der Waals surface area contributed by atoms with Crippen molar-refractivity contribution in [3.05, 3.63) is 270 Å². The van der Waals surface area contributed by atoms with E-state index in [1.54, 1.807) is 40.6 Å². The van der Waals surface area contributed by atoms with Crippen molar-refractivity contribution in [1.82, 2.24) is 20.0 Å². The van der Waals surface area contributed by atoms with Gasteiger partial charge in [-0.05, 0) is 157 Å². The quantitative estimate of drug-likeness (QED) is 0.0202. The summed E-state index contributed by atoms with van der Waals surface area (Å²) in [5.74, 6) is 3.10. The van der Waals surface area contributed by atoms with Crippen LogP contribution in [0.2, 0.25) is 0 Å². The molecule has 9 aromatic rings. The lowest BCUT2D eigenvalue weighted by atomic mass is 10.1. The molecule has 3 fully saturated rings. The number of nitrogens with two attached hydrogens (primary N) is 1. The minimum Gasteiger partial charge on any atom is -0.508 e. The fourth-order valence-corrected chi connectivity index (χ4v) is 13.0. The van der Waals surface area contributed by atoms with E-state index in [1.165, 1.54) is 52.2 Å². The van der Waals surface area contributed by atoms with Gasteiger partial charge < -0.3 is 60.2 Å². The summed E-state index contributed by atoms with van der Waals surface area (Å²) in [4.78, 5) is 58.6. The van der Waals surface area contributed by atoms with Gasteiger partial charge in [0, 0.05) is 159 Å². The molecular weight excluding hydrogens is 1630 g/mol. The highest BCUT2D eigenvalue weighted by Gasteiger charge is 2.29. The molecule has 0 aliphatic carbocycles. The lowest BCUT2D eigenvalue weighted by Gasteiger charge is -2.42. The van der Waals surface area contributed by atoms with Crippen LogP contribution in [-0.4, -0.2) is 193 Å². The zero-order valence-electron chi connectivity index (χ0n) is 67.2. The van der Waals surface area contributed by atoms with Gasteiger partial charge in [0.1, 0.15) is 28.7 Å². The molecule has 22 nitrogen and oxygen atoms in total. The first-order valence-electron chi connectivity index (χ1n) is 38.0. The van der Waals surface area contributed by atoms with Crippen LogP contribution < -0.4 is 50.0 Å². The first kappa shape index (κ1) is 97.8. The number of amides is 1. The maximum atomic E-state index is 10.5. The third-order valence-corrected chi connectivity index (χ3v) is 21.1. The van der Waals surface area contributed by atoms with E-state index in [0.29, 0.717) is 22.5 Å². The van der Waals surface area contributed by atoms with Crippen LogP contribution in [0.4, 0.5) is 22.7 Å². The average molecular weight is 1750 g/mol. The van der Waals surface area contributed by atoms with Crippen molar-refractivity contribution in [3.8, 4) is 28.7 Å². The number of methoxy groups -OCH3 is 4. The molecule has 3 aliphatic rings. The molecule has 0 saturated carbocycles. The summed E-state index contributed by atoms with van der Waals surface area (Å²) < 4.78 is 39.7. The van der Waals surface area contributed by atoms with Crippen LogP contribution in [-0.2, 0) is 54.4 Å². The summed E-state index contributed by atoms with van der Waals surface area (Å²) in [6.45, 7) is 22.1. The predicted molar refractivity (Wildman–Crippen MR) is 469 cm³/mol. The summed E-state index contributed by atoms with van der Waals surface area (Å²) in [5, 5.41) is 26.5. The topological polar surface area (TPSA) is 266 Å². The van der Waals surface area contributed by atoms with Gasteiger partial charge in [0.2, 0.25) is 15.0 Å². The van der Waals surface area contributed by atoms with Crippen LogP contribution in [0.5, 0.6) is 28.7 Å². The third kappa shape index (κ3) is 40.0. The van der Waals surface area contributed by atoms with Gasteiger partial charge in [-0.2, -0.15) is 19.2 Å². The smallest absolute Gasteiger partial charge is 0.373 e. The van der Waals surface area contributed by atoms with Crippen molar-refractivity contribution in [2.24, 2.45) is 5.73 Å². The van der Waals surface area contributed by atoms with E-state index in [4.69, 9.17) is 49.0 Å². The highest BCUT2D eigenvalue weighted by Crippen LogP contribution is 2.29. The second-order valence-corrected chi connectivity index (χ2v) is 31.5. The lowest BCUT2D eigenvalue weighted by Crippen LogP contribution is -2.54. The molecule has 3 heterocycles. The molecule has 4 atom stereocenters. The van der Waals surface area contributed by atoms with E-state index in [1.807, 2.05) is 48.5 Å². The van der Waals surface area contributed by atoms with Gasteiger partial charge in [0.05, 0.1) is 47.3 Å². The molecule has 115 heavy (non-hydrogen) atoms. The SMILES string of the molecule is CCC(Br)CBr.CCC1CN(Cc2ccccc2)CCN1c1ccc(OC)cc1.CCC1CN(Cc2ccccc2)CCN1c1ccc(OC)cc1.COc1ccc(N2CCN(Cc3ccccc3)CC2CO)cc1.COc1ccc(NCCNCc2ccccc2)cc1.CS(=O)(=O)Cl.NC(=O)c1cccc(O)c1.O=C=O.O=C=O. The van der Waals surface area contributed by atoms with E-state index in [0.717, 1.165) is 157 Å². The number of rotatable bonds is 25. The molecule has 3 aliphatic heterocycles. The molecule has 0 spiro atoms. The number of piperazine rings is 3. The number of hydrogen-bond acceptors (Lipinski definition) is 21. The molecule has 3 saturated heterocycles. The molecule has 0 bridgehead atoms. The molecule has 1 amide bonds. The van der Waals surface area contributed by atoms with Crippen molar-refractivity contribution >= 4 is 92.6 Å². The summed E-state index contributed by atoms with van der Waals surface area (Å²) >= 11 is 6.76. The Hall–Kier alpha value is -9.59. The Kier molecular flexibility index (Phi) is 48.8. The number of aliphatic hydroxyl groups excluding tert-OH is 1. The standard InChI is InChI=1S/2C20H26N2O.C19H24N2O2.C16H20N2O.C7H7NO2.C4H8Br2.CH3ClO2S.2CO2/c2*1-3-18-16-21(15-17-7-5-4-6-8-17)13-14-22(18)19-9-11-20(23-2)12-10-19;1-23-19-9-7-17(8-10-19)21-12-11-20(14-18(21)15-22)13-16-5-3-2-4-6-16;1-19-16-9-7-15(8-10-16)18-12-11-17-13-14-5-3-2-4-6-14;8-7(10)5-2-1-3-6(9)4-5;1-2-4(6)3-5;1-5(2,3)4;2*2-1-3/h2*4-12,18H,3,13-16H2,1-2H3;2-10,18,22H,11-15H2,1H3;2-10,17-18H,11-13H2,1H3;1-4,9H,(H2,8,10);4H,2-3H2,1H3;1H3;;. The Labute approximate surface area is 702 Å². The van der Waals surface area contributed by atoms with Crippen LogP contribution in [0.15, 0.2) is 243 Å². The minimum atomic E-state index is -3.19. The Morgan fingerprint density at radius 1 is 0.504 bits per heavy atom. The first-order chi connectivity index (χ1) is 55.6. The first-order valence-corrected chi connectivity index (χ1v) is 42.8. The minimum absolute atomic E-state index is 0.0521. The number of aliphatic hydroxyl groups is 1. The van der Waals surface area contributed by atoms with Crippen molar-refractivity contribution < 1.29 is 61.6 Å². The summed E-state index contributed by atoms with van der Waals surface area (Å²) in [6, 6.07) is 82.6. The number of halogens is 3. The van der Waals surface area contributed by atoms with Crippen LogP contribution >= 0.6 is 42.5 Å². The number of carbonyl (C=O) groups excluding carboxylic acids is 5. The molecule has 0 radical (unpaired) electrons. The Bertz CT molecular complexity index is 3940. The normalized spacial score (nSPS) is 15.2. The number of ether oxygens (including phenoxy) is 4. The van der Waals surface area contributed by atoms with Gasteiger partial charge in [0.25, 0.3) is 0 Å². The average Bonchev–Trinajstić information content (AvgIpc) is 0.831. The number of primary amides is 1. The second kappa shape index (κ2) is 57.4. The van der Waals surface area contributed by atoms with E-state index >= 15 is 0 Å². The third-order valence-electron chi connectivity index (χ3n) is 18.4. The van der Waals surface area contributed by atoms with E-state index in [2.05, 4.69) is 273 Å². The summed E-state index contributed by atoms with van der Waals surface area (Å²) in [6.07, 6.45) is 4.95. The fraction of sp³-hybridized carbons (Fsp3) is 0.360. The van der Waals surface area contributed by atoms with Gasteiger partial charge in [-0.1, -0.05) is 180 Å². The number of nitrogens with zero attached hydrogens (tertiary/aromatic N) is 6. The zero-order valence-corrected chi connectivity index (χ0v) is 72.0. The number of nitrogens with one attached hydrogen (secondary N) is 2.